The molecule has 29 heavy (non-hydrogen) atoms. The van der Waals surface area contributed by atoms with E-state index in [0.717, 1.165) is 37.1 Å². The van der Waals surface area contributed by atoms with Crippen LogP contribution in [0.3, 0.4) is 0 Å². The molecule has 158 valence electrons. The molecule has 0 bridgehead atoms. The predicted molar refractivity (Wildman–Crippen MR) is 115 cm³/mol. The van der Waals surface area contributed by atoms with Gasteiger partial charge in [0.25, 0.3) is 0 Å². The fourth-order valence-electron chi connectivity index (χ4n) is 3.88. The van der Waals surface area contributed by atoms with Crippen molar-refractivity contribution in [2.24, 2.45) is 0 Å². The van der Waals surface area contributed by atoms with E-state index in [1.165, 1.54) is 25.7 Å². The van der Waals surface area contributed by atoms with Gasteiger partial charge in [-0.15, -0.1) is 0 Å². The number of hydrogen-bond acceptors (Lipinski definition) is 3. The summed E-state index contributed by atoms with van der Waals surface area (Å²) < 4.78 is 7.58. The second-order valence-electron chi connectivity index (χ2n) is 7.79. The zero-order valence-corrected chi connectivity index (χ0v) is 17.6. The lowest BCUT2D eigenvalue weighted by molar-refractivity contribution is 0.188. The molecular formula is C23H34N4O2. The zero-order valence-electron chi connectivity index (χ0n) is 17.6. The molecule has 3 rings (SSSR count). The third-order valence-electron chi connectivity index (χ3n) is 5.48. The number of nitrogens with one attached hydrogen (secondary N) is 1. The summed E-state index contributed by atoms with van der Waals surface area (Å²) in [5.41, 5.74) is 1.12. The number of aromatic nitrogens is 2. The molecule has 1 aliphatic carbocycles. The lowest BCUT2D eigenvalue weighted by Crippen LogP contribution is -2.45. The van der Waals surface area contributed by atoms with Gasteiger partial charge in [-0.1, -0.05) is 37.8 Å². The molecule has 6 heteroatoms. The summed E-state index contributed by atoms with van der Waals surface area (Å²) in [6, 6.07) is 8.41. The standard InChI is InChI=1S/C23H34N4O2/c1-2-29-22-12-10-20(11-13-22)18-27(16-7-15-26-17-14-24-19-26)23(28)25-21-8-5-3-4-6-9-21/h10-14,17,19,21H,2-9,15-16,18H2,1H3,(H,25,28). The van der Waals surface area contributed by atoms with Gasteiger partial charge in [-0.05, 0) is 43.9 Å². The van der Waals surface area contributed by atoms with Gasteiger partial charge in [0.05, 0.1) is 12.9 Å². The van der Waals surface area contributed by atoms with Crippen LogP contribution in [0, 0.1) is 0 Å². The van der Waals surface area contributed by atoms with E-state index in [9.17, 15) is 4.79 Å². The van der Waals surface area contributed by atoms with Crippen LogP contribution in [0.15, 0.2) is 43.0 Å². The topological polar surface area (TPSA) is 59.4 Å². The number of urea groups is 1. The first-order valence-electron chi connectivity index (χ1n) is 11.0. The molecule has 0 spiro atoms. The highest BCUT2D eigenvalue weighted by atomic mass is 16.5. The fraction of sp³-hybridized carbons (Fsp3) is 0.565. The Bertz CT molecular complexity index is 707. The molecule has 1 aromatic heterocycles. The number of benzene rings is 1. The molecule has 1 aromatic carbocycles. The van der Waals surface area contributed by atoms with E-state index in [-0.39, 0.29) is 6.03 Å². The van der Waals surface area contributed by atoms with Crippen LogP contribution in [0.1, 0.15) is 57.4 Å². The number of ether oxygens (including phenoxy) is 1. The number of carbonyl (C=O) groups is 1. The number of nitrogens with zero attached hydrogens (tertiary/aromatic N) is 3. The maximum absolute atomic E-state index is 13.1. The second kappa shape index (κ2) is 11.5. The molecule has 0 aliphatic heterocycles. The molecule has 0 radical (unpaired) electrons. The van der Waals surface area contributed by atoms with Crippen molar-refractivity contribution in [3.05, 3.63) is 48.5 Å². The summed E-state index contributed by atoms with van der Waals surface area (Å²) in [5.74, 6) is 0.866. The first-order valence-corrected chi connectivity index (χ1v) is 11.0. The second-order valence-corrected chi connectivity index (χ2v) is 7.79. The van der Waals surface area contributed by atoms with E-state index < -0.39 is 0 Å². The maximum atomic E-state index is 13.1. The van der Waals surface area contributed by atoms with Crippen LogP contribution in [0.2, 0.25) is 0 Å². The Morgan fingerprint density at radius 3 is 2.62 bits per heavy atom. The van der Waals surface area contributed by atoms with E-state index in [2.05, 4.69) is 14.9 Å². The first-order chi connectivity index (χ1) is 14.2. The normalized spacial score (nSPS) is 14.9. The zero-order chi connectivity index (χ0) is 20.3. The minimum atomic E-state index is 0.0522. The Labute approximate surface area is 174 Å². The number of rotatable bonds is 9. The van der Waals surface area contributed by atoms with Gasteiger partial charge in [0.2, 0.25) is 0 Å². The monoisotopic (exact) mass is 398 g/mol. The van der Waals surface area contributed by atoms with Gasteiger partial charge in [0.1, 0.15) is 5.75 Å². The smallest absolute Gasteiger partial charge is 0.317 e. The van der Waals surface area contributed by atoms with Crippen molar-refractivity contribution in [1.29, 1.82) is 0 Å². The summed E-state index contributed by atoms with van der Waals surface area (Å²) in [4.78, 5) is 19.1. The van der Waals surface area contributed by atoms with Crippen LogP contribution in [-0.2, 0) is 13.1 Å². The molecule has 0 saturated heterocycles. The summed E-state index contributed by atoms with van der Waals surface area (Å²) in [7, 11) is 0. The van der Waals surface area contributed by atoms with Crippen LogP contribution < -0.4 is 10.1 Å². The average Bonchev–Trinajstić information content (AvgIpc) is 3.12. The minimum Gasteiger partial charge on any atom is -0.494 e. The molecule has 0 atom stereocenters. The van der Waals surface area contributed by atoms with Gasteiger partial charge in [-0.25, -0.2) is 9.78 Å². The number of carbonyl (C=O) groups excluding carboxylic acids is 1. The van der Waals surface area contributed by atoms with Gasteiger partial charge in [0.15, 0.2) is 0 Å². The lowest BCUT2D eigenvalue weighted by Gasteiger charge is -2.26. The molecule has 1 fully saturated rings. The number of aryl methyl sites for hydroxylation is 1. The first kappa shape index (κ1) is 21.2. The van der Waals surface area contributed by atoms with Crippen molar-refractivity contribution in [1.82, 2.24) is 19.8 Å². The average molecular weight is 399 g/mol. The van der Waals surface area contributed by atoms with E-state index in [1.807, 2.05) is 48.6 Å². The number of hydrogen-bond donors (Lipinski definition) is 1. The summed E-state index contributed by atoms with van der Waals surface area (Å²) in [5, 5.41) is 3.30. The Morgan fingerprint density at radius 1 is 1.21 bits per heavy atom. The Morgan fingerprint density at radius 2 is 1.97 bits per heavy atom. The quantitative estimate of drug-likeness (QED) is 0.628. The highest BCUT2D eigenvalue weighted by Gasteiger charge is 2.19. The van der Waals surface area contributed by atoms with Crippen molar-refractivity contribution in [3.63, 3.8) is 0 Å². The van der Waals surface area contributed by atoms with E-state index in [4.69, 9.17) is 4.74 Å². The minimum absolute atomic E-state index is 0.0522. The van der Waals surface area contributed by atoms with Crippen LogP contribution >= 0.6 is 0 Å². The van der Waals surface area contributed by atoms with E-state index in [0.29, 0.717) is 25.7 Å². The van der Waals surface area contributed by atoms with Crippen molar-refractivity contribution < 1.29 is 9.53 Å². The van der Waals surface area contributed by atoms with Crippen molar-refractivity contribution in [2.45, 2.75) is 71.0 Å². The summed E-state index contributed by atoms with van der Waals surface area (Å²) >= 11 is 0. The third kappa shape index (κ3) is 7.11. The van der Waals surface area contributed by atoms with Crippen molar-refractivity contribution in [3.8, 4) is 5.75 Å². The fourth-order valence-corrected chi connectivity index (χ4v) is 3.88. The predicted octanol–water partition coefficient (Wildman–Crippen LogP) is 4.61. The Hall–Kier alpha value is -2.50. The molecular weight excluding hydrogens is 364 g/mol. The summed E-state index contributed by atoms with van der Waals surface area (Å²) in [6.45, 7) is 4.81. The highest BCUT2D eigenvalue weighted by molar-refractivity contribution is 5.74. The summed E-state index contributed by atoms with van der Waals surface area (Å²) in [6.07, 6.45) is 13.7. The van der Waals surface area contributed by atoms with Crippen LogP contribution in [0.4, 0.5) is 4.79 Å². The van der Waals surface area contributed by atoms with Gasteiger partial charge >= 0.3 is 6.03 Å². The van der Waals surface area contributed by atoms with Gasteiger partial charge < -0.3 is 19.5 Å². The van der Waals surface area contributed by atoms with Gasteiger partial charge in [-0.3, -0.25) is 0 Å². The molecule has 2 amide bonds. The highest BCUT2D eigenvalue weighted by Crippen LogP contribution is 2.18. The molecule has 1 N–H and O–H groups in total. The third-order valence-corrected chi connectivity index (χ3v) is 5.48. The van der Waals surface area contributed by atoms with Crippen molar-refractivity contribution in [2.75, 3.05) is 13.2 Å². The SMILES string of the molecule is CCOc1ccc(CN(CCCn2ccnc2)C(=O)NC2CCCCCC2)cc1. The largest absolute Gasteiger partial charge is 0.494 e. The molecule has 1 heterocycles. The molecule has 1 saturated carbocycles. The van der Waals surface area contributed by atoms with Crippen LogP contribution in [-0.4, -0.2) is 39.7 Å². The Balaban J connectivity index is 1.60. The van der Waals surface area contributed by atoms with Crippen LogP contribution in [0.5, 0.6) is 5.75 Å². The van der Waals surface area contributed by atoms with E-state index in [1.54, 1.807) is 6.20 Å². The number of imidazole rings is 1. The molecule has 2 aromatic rings. The maximum Gasteiger partial charge on any atom is 0.317 e. The van der Waals surface area contributed by atoms with Crippen molar-refractivity contribution >= 4 is 6.03 Å². The molecule has 0 unspecified atom stereocenters. The number of amides is 2. The lowest BCUT2D eigenvalue weighted by atomic mass is 10.1. The molecule has 1 aliphatic rings. The molecule has 6 nitrogen and oxygen atoms in total. The van der Waals surface area contributed by atoms with Gasteiger partial charge in [0, 0.05) is 38.1 Å². The van der Waals surface area contributed by atoms with Gasteiger partial charge in [-0.2, -0.15) is 0 Å². The Kier molecular flexibility index (Phi) is 8.40. The van der Waals surface area contributed by atoms with E-state index >= 15 is 0 Å². The van der Waals surface area contributed by atoms with Crippen LogP contribution in [0.25, 0.3) is 0 Å².